The number of aromatic nitrogens is 2. The quantitative estimate of drug-likeness (QED) is 0.882. The number of ether oxygens (including phenoxy) is 2. The zero-order valence-corrected chi connectivity index (χ0v) is 13.3. The molecule has 118 valence electrons. The number of hydrogen-bond donors (Lipinski definition) is 1. The second-order valence-corrected chi connectivity index (χ2v) is 5.80. The molecule has 0 radical (unpaired) electrons. The Balaban J connectivity index is 2.44. The van der Waals surface area contributed by atoms with Crippen molar-refractivity contribution in [2.24, 2.45) is 0 Å². The van der Waals surface area contributed by atoms with E-state index in [1.54, 1.807) is 33.0 Å². The minimum Gasteiger partial charge on any atom is -0.492 e. The van der Waals surface area contributed by atoms with Crippen molar-refractivity contribution in [1.82, 2.24) is 9.61 Å². The summed E-state index contributed by atoms with van der Waals surface area (Å²) >= 11 is 0. The average molecular weight is 305 g/mol. The Hall–Kier alpha value is -2.57. The van der Waals surface area contributed by atoms with E-state index in [1.807, 2.05) is 0 Å². The van der Waals surface area contributed by atoms with Gasteiger partial charge in [-0.2, -0.15) is 5.10 Å². The highest BCUT2D eigenvalue weighted by Crippen LogP contribution is 2.32. The monoisotopic (exact) mass is 305 g/mol. The van der Waals surface area contributed by atoms with Gasteiger partial charge in [-0.05, 0) is 33.8 Å². The number of anilines is 1. The number of methoxy groups -OCH3 is 1. The first-order valence-electron chi connectivity index (χ1n) is 6.78. The number of Topliss-reactive ketones (excluding diaryl/α,β-unsaturated/α-hetero) is 1. The van der Waals surface area contributed by atoms with Crippen molar-refractivity contribution in [3.8, 4) is 5.75 Å². The van der Waals surface area contributed by atoms with Crippen LogP contribution >= 0.6 is 0 Å². The van der Waals surface area contributed by atoms with Crippen LogP contribution in [0.2, 0.25) is 0 Å². The molecule has 2 heterocycles. The lowest BCUT2D eigenvalue weighted by molar-refractivity contribution is 0.0635. The molecule has 0 aromatic carbocycles. The molecule has 7 heteroatoms. The van der Waals surface area contributed by atoms with E-state index in [9.17, 15) is 9.59 Å². The van der Waals surface area contributed by atoms with Crippen molar-refractivity contribution in [1.29, 1.82) is 0 Å². The van der Waals surface area contributed by atoms with Gasteiger partial charge in [-0.15, -0.1) is 0 Å². The van der Waals surface area contributed by atoms with Crippen molar-refractivity contribution < 1.29 is 19.1 Å². The summed E-state index contributed by atoms with van der Waals surface area (Å²) in [6.45, 7) is 6.78. The molecule has 22 heavy (non-hydrogen) atoms. The first-order chi connectivity index (χ1) is 10.2. The third-order valence-electron chi connectivity index (χ3n) is 2.86. The molecule has 0 spiro atoms. The number of pyridine rings is 1. The van der Waals surface area contributed by atoms with Crippen LogP contribution in [0.25, 0.3) is 5.52 Å². The maximum Gasteiger partial charge on any atom is 0.412 e. The van der Waals surface area contributed by atoms with E-state index in [2.05, 4.69) is 10.4 Å². The Morgan fingerprint density at radius 2 is 2.00 bits per heavy atom. The zero-order valence-electron chi connectivity index (χ0n) is 13.3. The van der Waals surface area contributed by atoms with Crippen LogP contribution in [0.15, 0.2) is 18.5 Å². The third kappa shape index (κ3) is 3.19. The number of amides is 1. The first-order valence-corrected chi connectivity index (χ1v) is 6.78. The standard InChI is InChI=1S/C15H19N3O4/c1-9(19)10-8-16-18-7-6-11(13(21-5)12(10)18)17-14(20)22-15(2,3)4/h6-8H,1-5H3,(H,17,20). The summed E-state index contributed by atoms with van der Waals surface area (Å²) in [5, 5.41) is 6.73. The van der Waals surface area contributed by atoms with Gasteiger partial charge in [0.15, 0.2) is 11.5 Å². The van der Waals surface area contributed by atoms with E-state index in [0.29, 0.717) is 22.5 Å². The summed E-state index contributed by atoms with van der Waals surface area (Å²) < 4.78 is 12.1. The molecule has 0 fully saturated rings. The normalized spacial score (nSPS) is 11.3. The average Bonchev–Trinajstić information content (AvgIpc) is 2.80. The Kier molecular flexibility index (Phi) is 4.07. The van der Waals surface area contributed by atoms with Gasteiger partial charge < -0.3 is 9.47 Å². The number of fused-ring (bicyclic) bond motifs is 1. The molecule has 0 aliphatic carbocycles. The van der Waals surface area contributed by atoms with Gasteiger partial charge in [0.1, 0.15) is 11.1 Å². The Bertz CT molecular complexity index is 728. The summed E-state index contributed by atoms with van der Waals surface area (Å²) in [6.07, 6.45) is 2.51. The van der Waals surface area contributed by atoms with Crippen molar-refractivity contribution in [3.63, 3.8) is 0 Å². The van der Waals surface area contributed by atoms with Crippen LogP contribution < -0.4 is 10.1 Å². The van der Waals surface area contributed by atoms with Crippen molar-refractivity contribution in [2.75, 3.05) is 12.4 Å². The van der Waals surface area contributed by atoms with Gasteiger partial charge >= 0.3 is 6.09 Å². The second kappa shape index (κ2) is 5.67. The predicted octanol–water partition coefficient (Wildman–Crippen LogP) is 2.89. The number of hydrogen-bond acceptors (Lipinski definition) is 5. The molecule has 0 atom stereocenters. The number of nitrogens with one attached hydrogen (secondary N) is 1. The highest BCUT2D eigenvalue weighted by atomic mass is 16.6. The van der Waals surface area contributed by atoms with Crippen LogP contribution in [0.5, 0.6) is 5.75 Å². The molecule has 1 N–H and O–H groups in total. The Morgan fingerprint density at radius 3 is 2.55 bits per heavy atom. The molecule has 0 saturated heterocycles. The number of rotatable bonds is 3. The predicted molar refractivity (Wildman–Crippen MR) is 81.6 cm³/mol. The van der Waals surface area contributed by atoms with Gasteiger partial charge in [0.2, 0.25) is 0 Å². The van der Waals surface area contributed by atoms with Gasteiger partial charge in [-0.25, -0.2) is 9.31 Å². The molecule has 0 unspecified atom stereocenters. The number of carbonyl (C=O) groups is 2. The fraction of sp³-hybridized carbons (Fsp3) is 0.400. The lowest BCUT2D eigenvalue weighted by Gasteiger charge is -2.20. The van der Waals surface area contributed by atoms with Crippen molar-refractivity contribution in [2.45, 2.75) is 33.3 Å². The van der Waals surface area contributed by atoms with E-state index < -0.39 is 11.7 Å². The smallest absolute Gasteiger partial charge is 0.412 e. The van der Waals surface area contributed by atoms with Crippen molar-refractivity contribution in [3.05, 3.63) is 24.0 Å². The van der Waals surface area contributed by atoms with Gasteiger partial charge in [-0.3, -0.25) is 10.1 Å². The number of ketones is 1. The molecule has 1 amide bonds. The summed E-state index contributed by atoms with van der Waals surface area (Å²) in [7, 11) is 1.46. The van der Waals surface area contributed by atoms with Crippen LogP contribution in [-0.2, 0) is 4.74 Å². The van der Waals surface area contributed by atoms with Crippen LogP contribution in [0.3, 0.4) is 0 Å². The van der Waals surface area contributed by atoms with Crippen molar-refractivity contribution >= 4 is 23.1 Å². The largest absolute Gasteiger partial charge is 0.492 e. The van der Waals surface area contributed by atoms with Crippen LogP contribution in [0.1, 0.15) is 38.1 Å². The number of nitrogens with zero attached hydrogens (tertiary/aromatic N) is 2. The molecule has 0 bridgehead atoms. The molecule has 0 aliphatic rings. The molecular formula is C15H19N3O4. The lowest BCUT2D eigenvalue weighted by atomic mass is 10.2. The zero-order chi connectivity index (χ0) is 16.5. The molecular weight excluding hydrogens is 286 g/mol. The highest BCUT2D eigenvalue weighted by molar-refractivity contribution is 6.03. The number of carbonyl (C=O) groups excluding carboxylic acids is 2. The topological polar surface area (TPSA) is 81.9 Å². The summed E-state index contributed by atoms with van der Waals surface area (Å²) in [5.74, 6) is 0.221. The van der Waals surface area contributed by atoms with Crippen LogP contribution in [0.4, 0.5) is 10.5 Å². The fourth-order valence-electron chi connectivity index (χ4n) is 2.03. The Labute approximate surface area is 128 Å². The van der Waals surface area contributed by atoms with Gasteiger partial charge in [0.05, 0.1) is 24.6 Å². The SMILES string of the molecule is COc1c(NC(=O)OC(C)(C)C)ccn2ncc(C(C)=O)c12. The van der Waals surface area contributed by atoms with Gasteiger partial charge in [0.25, 0.3) is 0 Å². The summed E-state index contributed by atoms with van der Waals surface area (Å²) in [4.78, 5) is 23.6. The maximum atomic E-state index is 11.9. The molecule has 0 aliphatic heterocycles. The molecule has 2 aromatic rings. The molecule has 2 rings (SSSR count). The van der Waals surface area contributed by atoms with E-state index in [4.69, 9.17) is 9.47 Å². The highest BCUT2D eigenvalue weighted by Gasteiger charge is 2.20. The minimum atomic E-state index is -0.609. The van der Waals surface area contributed by atoms with E-state index in [0.717, 1.165) is 0 Å². The second-order valence-electron chi connectivity index (χ2n) is 5.80. The molecule has 0 saturated carbocycles. The van der Waals surface area contributed by atoms with Gasteiger partial charge in [0, 0.05) is 6.20 Å². The fourth-order valence-corrected chi connectivity index (χ4v) is 2.03. The lowest BCUT2D eigenvalue weighted by Crippen LogP contribution is -2.27. The molecule has 7 nitrogen and oxygen atoms in total. The summed E-state index contributed by atoms with van der Waals surface area (Å²) in [6, 6.07) is 1.63. The van der Waals surface area contributed by atoms with Crippen LogP contribution in [0, 0.1) is 0 Å². The van der Waals surface area contributed by atoms with E-state index >= 15 is 0 Å². The van der Waals surface area contributed by atoms with E-state index in [-0.39, 0.29) is 5.78 Å². The minimum absolute atomic E-state index is 0.136. The first kappa shape index (κ1) is 15.8. The summed E-state index contributed by atoms with van der Waals surface area (Å²) in [5.41, 5.74) is 0.725. The Morgan fingerprint density at radius 1 is 1.32 bits per heavy atom. The third-order valence-corrected chi connectivity index (χ3v) is 2.86. The van der Waals surface area contributed by atoms with Crippen LogP contribution in [-0.4, -0.2) is 34.2 Å². The van der Waals surface area contributed by atoms with Gasteiger partial charge in [-0.1, -0.05) is 0 Å². The molecule has 2 aromatic heterocycles. The maximum absolute atomic E-state index is 11.9. The van der Waals surface area contributed by atoms with E-state index in [1.165, 1.54) is 24.7 Å².